The number of carbonyl (C=O) groups is 1. The van der Waals surface area contributed by atoms with Crippen molar-refractivity contribution >= 4 is 5.97 Å². The Morgan fingerprint density at radius 3 is 2.71 bits per heavy atom. The van der Waals surface area contributed by atoms with E-state index in [1.165, 1.54) is 0 Å². The third-order valence-corrected chi connectivity index (χ3v) is 0.805. The quantitative estimate of drug-likeness (QED) is 0.493. The normalized spacial score (nSPS) is 27.1. The molecule has 0 aromatic carbocycles. The average Bonchev–Trinajstić information content (AvgIpc) is 2.17. The molecule has 1 unspecified atom stereocenters. The van der Waals surface area contributed by atoms with Crippen LogP contribution in [0.25, 0.3) is 0 Å². The largest absolute Gasteiger partial charge is 0.481 e. The molecular formula is C4H6O3. The molecular weight excluding hydrogens is 96.0 g/mol. The van der Waals surface area contributed by atoms with Gasteiger partial charge in [0.25, 0.3) is 0 Å². The number of epoxide rings is 1. The maximum Gasteiger partial charge on any atom is 0.306 e. The van der Waals surface area contributed by atoms with Gasteiger partial charge in [-0.3, -0.25) is 4.79 Å². The maximum atomic E-state index is 9.77. The van der Waals surface area contributed by atoms with Gasteiger partial charge in [-0.1, -0.05) is 0 Å². The predicted molar refractivity (Wildman–Crippen MR) is 22.0 cm³/mol. The van der Waals surface area contributed by atoms with Crippen molar-refractivity contribution in [3.8, 4) is 0 Å². The van der Waals surface area contributed by atoms with E-state index in [2.05, 4.69) is 4.74 Å². The van der Waals surface area contributed by atoms with Crippen molar-refractivity contribution < 1.29 is 14.6 Å². The summed E-state index contributed by atoms with van der Waals surface area (Å²) in [6.07, 6.45) is 0.192. The van der Waals surface area contributed by atoms with Crippen LogP contribution in [-0.2, 0) is 9.53 Å². The fourth-order valence-corrected chi connectivity index (χ4v) is 0.381. The van der Waals surface area contributed by atoms with E-state index in [9.17, 15) is 4.79 Å². The Balaban J connectivity index is 2.08. The van der Waals surface area contributed by atoms with E-state index in [1.54, 1.807) is 0 Å². The van der Waals surface area contributed by atoms with Crippen LogP contribution in [0.4, 0.5) is 0 Å². The Hall–Kier alpha value is -0.570. The standard InChI is InChI=1S/C4H6O3/c5-4(6)1-3-2-7-3/h3H,1-2H2,(H,5,6). The number of carboxylic acids is 1. The first kappa shape index (κ1) is 4.59. The van der Waals surface area contributed by atoms with Gasteiger partial charge in [0.2, 0.25) is 0 Å². The van der Waals surface area contributed by atoms with Crippen LogP contribution in [0.1, 0.15) is 6.42 Å². The summed E-state index contributed by atoms with van der Waals surface area (Å²) in [6, 6.07) is 0. The highest BCUT2D eigenvalue weighted by Crippen LogP contribution is 2.12. The van der Waals surface area contributed by atoms with E-state index in [0.717, 1.165) is 0 Å². The molecule has 0 aromatic rings. The highest BCUT2D eigenvalue weighted by atomic mass is 16.6. The number of rotatable bonds is 2. The maximum absolute atomic E-state index is 9.77. The van der Waals surface area contributed by atoms with Crippen molar-refractivity contribution in [2.24, 2.45) is 0 Å². The number of ether oxygens (including phenoxy) is 1. The van der Waals surface area contributed by atoms with Gasteiger partial charge in [0, 0.05) is 0 Å². The van der Waals surface area contributed by atoms with Crippen LogP contribution in [0.2, 0.25) is 0 Å². The smallest absolute Gasteiger partial charge is 0.306 e. The van der Waals surface area contributed by atoms with Crippen LogP contribution in [0.15, 0.2) is 0 Å². The van der Waals surface area contributed by atoms with Crippen molar-refractivity contribution in [1.29, 1.82) is 0 Å². The summed E-state index contributed by atoms with van der Waals surface area (Å²) in [7, 11) is 0. The number of hydrogen-bond donors (Lipinski definition) is 1. The lowest BCUT2D eigenvalue weighted by atomic mass is 10.3. The molecule has 3 heteroatoms. The molecule has 7 heavy (non-hydrogen) atoms. The monoisotopic (exact) mass is 102 g/mol. The van der Waals surface area contributed by atoms with Crippen LogP contribution in [-0.4, -0.2) is 23.8 Å². The minimum atomic E-state index is -0.775. The van der Waals surface area contributed by atoms with Gasteiger partial charge in [-0.2, -0.15) is 0 Å². The first-order valence-electron chi connectivity index (χ1n) is 2.12. The molecule has 0 aromatic heterocycles. The molecule has 0 amide bonds. The molecule has 0 radical (unpaired) electrons. The van der Waals surface area contributed by atoms with Crippen molar-refractivity contribution in [2.75, 3.05) is 6.61 Å². The van der Waals surface area contributed by atoms with Crippen molar-refractivity contribution in [2.45, 2.75) is 12.5 Å². The first-order chi connectivity index (χ1) is 3.29. The summed E-state index contributed by atoms with van der Waals surface area (Å²) in [5, 5.41) is 8.04. The topological polar surface area (TPSA) is 49.8 Å². The van der Waals surface area contributed by atoms with E-state index >= 15 is 0 Å². The molecule has 3 nitrogen and oxygen atoms in total. The van der Waals surface area contributed by atoms with Crippen LogP contribution in [0.3, 0.4) is 0 Å². The Kier molecular flexibility index (Phi) is 0.982. The molecule has 1 heterocycles. The number of hydrogen-bond acceptors (Lipinski definition) is 2. The summed E-state index contributed by atoms with van der Waals surface area (Å²) in [5.41, 5.74) is 0. The van der Waals surface area contributed by atoms with E-state index in [0.29, 0.717) is 6.61 Å². The minimum Gasteiger partial charge on any atom is -0.481 e. The van der Waals surface area contributed by atoms with Crippen LogP contribution in [0, 0.1) is 0 Å². The minimum absolute atomic E-state index is 0.0255. The van der Waals surface area contributed by atoms with Crippen LogP contribution >= 0.6 is 0 Å². The fraction of sp³-hybridized carbons (Fsp3) is 0.750. The molecule has 1 N–H and O–H groups in total. The molecule has 1 atom stereocenters. The summed E-state index contributed by atoms with van der Waals surface area (Å²) in [6.45, 7) is 0.631. The molecule has 40 valence electrons. The SMILES string of the molecule is O=C(O)CC1CO1. The Labute approximate surface area is 40.9 Å². The highest BCUT2D eigenvalue weighted by molar-refractivity contribution is 5.67. The third-order valence-electron chi connectivity index (χ3n) is 0.805. The zero-order chi connectivity index (χ0) is 5.28. The van der Waals surface area contributed by atoms with Gasteiger partial charge in [0.05, 0.1) is 19.1 Å². The molecule has 0 aliphatic carbocycles. The average molecular weight is 102 g/mol. The van der Waals surface area contributed by atoms with Gasteiger partial charge < -0.3 is 9.84 Å². The third kappa shape index (κ3) is 1.55. The summed E-state index contributed by atoms with van der Waals surface area (Å²) < 4.78 is 4.64. The van der Waals surface area contributed by atoms with Crippen LogP contribution < -0.4 is 0 Å². The summed E-state index contributed by atoms with van der Waals surface area (Å²) in [4.78, 5) is 9.77. The lowest BCUT2D eigenvalue weighted by molar-refractivity contribution is -0.137. The predicted octanol–water partition coefficient (Wildman–Crippen LogP) is -0.140. The summed E-state index contributed by atoms with van der Waals surface area (Å²) in [5.74, 6) is -0.775. The first-order valence-corrected chi connectivity index (χ1v) is 2.12. The zero-order valence-corrected chi connectivity index (χ0v) is 3.76. The molecule has 0 spiro atoms. The van der Waals surface area contributed by atoms with Gasteiger partial charge in [0.15, 0.2) is 0 Å². The highest BCUT2D eigenvalue weighted by Gasteiger charge is 2.24. The van der Waals surface area contributed by atoms with Crippen LogP contribution in [0.5, 0.6) is 0 Å². The summed E-state index contributed by atoms with van der Waals surface area (Å²) >= 11 is 0. The van der Waals surface area contributed by atoms with Crippen molar-refractivity contribution in [1.82, 2.24) is 0 Å². The van der Waals surface area contributed by atoms with Gasteiger partial charge in [-0.25, -0.2) is 0 Å². The molecule has 0 saturated carbocycles. The lowest BCUT2D eigenvalue weighted by Gasteiger charge is -1.80. The number of carboxylic acid groups (broad SMARTS) is 1. The fourth-order valence-electron chi connectivity index (χ4n) is 0.381. The second-order valence-corrected chi connectivity index (χ2v) is 1.55. The molecule has 0 bridgehead atoms. The zero-order valence-electron chi connectivity index (χ0n) is 3.76. The van der Waals surface area contributed by atoms with E-state index in [1.807, 2.05) is 0 Å². The van der Waals surface area contributed by atoms with E-state index in [4.69, 9.17) is 5.11 Å². The lowest BCUT2D eigenvalue weighted by Crippen LogP contribution is -1.98. The Morgan fingerprint density at radius 2 is 2.57 bits per heavy atom. The van der Waals surface area contributed by atoms with Gasteiger partial charge >= 0.3 is 5.97 Å². The molecule has 1 saturated heterocycles. The second-order valence-electron chi connectivity index (χ2n) is 1.55. The Bertz CT molecular complexity index is 84.9. The van der Waals surface area contributed by atoms with Gasteiger partial charge in [0.1, 0.15) is 0 Å². The number of aliphatic carboxylic acids is 1. The van der Waals surface area contributed by atoms with E-state index in [-0.39, 0.29) is 12.5 Å². The second kappa shape index (κ2) is 1.50. The molecule has 1 fully saturated rings. The van der Waals surface area contributed by atoms with Gasteiger partial charge in [-0.05, 0) is 0 Å². The Morgan fingerprint density at radius 1 is 2.00 bits per heavy atom. The van der Waals surface area contributed by atoms with Crippen molar-refractivity contribution in [3.05, 3.63) is 0 Å². The van der Waals surface area contributed by atoms with E-state index < -0.39 is 5.97 Å². The van der Waals surface area contributed by atoms with Gasteiger partial charge in [-0.15, -0.1) is 0 Å². The molecule has 1 aliphatic heterocycles. The molecule has 1 rings (SSSR count). The van der Waals surface area contributed by atoms with Crippen molar-refractivity contribution in [3.63, 3.8) is 0 Å². The molecule has 1 aliphatic rings.